The van der Waals surface area contributed by atoms with Crippen molar-refractivity contribution in [1.82, 2.24) is 14.5 Å². The summed E-state index contributed by atoms with van der Waals surface area (Å²) in [5.74, 6) is 0.967. The summed E-state index contributed by atoms with van der Waals surface area (Å²) in [6.45, 7) is 34.1. The maximum Gasteiger partial charge on any atom is 0.149 e. The van der Waals surface area contributed by atoms with Gasteiger partial charge in [0.1, 0.15) is 11.6 Å². The summed E-state index contributed by atoms with van der Waals surface area (Å²) in [7, 11) is -1.63. The van der Waals surface area contributed by atoms with Gasteiger partial charge in [0, 0.05) is 28.5 Å². The van der Waals surface area contributed by atoms with Crippen molar-refractivity contribution < 1.29 is 5.11 Å². The van der Waals surface area contributed by atoms with Crippen LogP contribution in [0.4, 0.5) is 0 Å². The number of nitrogens with zero attached hydrogens (tertiary/aromatic N) is 3. The monoisotopic (exact) mass is 888 g/mol. The van der Waals surface area contributed by atoms with Gasteiger partial charge in [0.15, 0.2) is 0 Å². The van der Waals surface area contributed by atoms with Gasteiger partial charge in [-0.2, -0.15) is 0 Å². The molecule has 0 aliphatic rings. The number of hydrogen-bond donors (Lipinski definition) is 1. The molecule has 2 heterocycles. The Morgan fingerprint density at radius 1 is 0.470 bits per heavy atom. The third-order valence-electron chi connectivity index (χ3n) is 13.1. The van der Waals surface area contributed by atoms with Crippen LogP contribution in [0.5, 0.6) is 5.75 Å². The Hall–Kier alpha value is -6.04. The summed E-state index contributed by atoms with van der Waals surface area (Å²) in [5.41, 5.74) is 16.2. The van der Waals surface area contributed by atoms with Crippen molar-refractivity contribution in [2.75, 3.05) is 0 Å². The van der Waals surface area contributed by atoms with Crippen molar-refractivity contribution in [1.29, 1.82) is 0 Å². The van der Waals surface area contributed by atoms with Crippen LogP contribution in [-0.4, -0.2) is 27.7 Å². The Labute approximate surface area is 395 Å². The van der Waals surface area contributed by atoms with Gasteiger partial charge in [0.2, 0.25) is 0 Å². The Morgan fingerprint density at radius 2 is 1.08 bits per heavy atom. The van der Waals surface area contributed by atoms with Gasteiger partial charge in [0.05, 0.1) is 36.1 Å². The number of para-hydroxylation sites is 1. The highest BCUT2D eigenvalue weighted by Crippen LogP contribution is 2.46. The Balaban J connectivity index is 1.45. The molecule has 66 heavy (non-hydrogen) atoms. The van der Waals surface area contributed by atoms with Crippen molar-refractivity contribution in [3.8, 4) is 67.5 Å². The van der Waals surface area contributed by atoms with Crippen LogP contribution in [-0.2, 0) is 21.7 Å². The number of pyridine rings is 1. The molecule has 2 aromatic heterocycles. The van der Waals surface area contributed by atoms with E-state index in [9.17, 15) is 5.11 Å². The molecule has 8 rings (SSSR count). The van der Waals surface area contributed by atoms with Gasteiger partial charge in [-0.3, -0.25) is 9.55 Å². The second-order valence-corrected chi connectivity index (χ2v) is 28.5. The van der Waals surface area contributed by atoms with E-state index in [0.29, 0.717) is 5.82 Å². The molecule has 0 spiro atoms. The molecule has 8 aromatic rings. The van der Waals surface area contributed by atoms with Crippen LogP contribution >= 0.6 is 0 Å². The lowest BCUT2D eigenvalue weighted by Crippen LogP contribution is -2.38. The number of aromatic nitrogens is 3. The van der Waals surface area contributed by atoms with Gasteiger partial charge >= 0.3 is 0 Å². The molecule has 0 aliphatic carbocycles. The predicted octanol–water partition coefficient (Wildman–Crippen LogP) is 16.2. The first-order valence-electron chi connectivity index (χ1n) is 23.6. The fourth-order valence-corrected chi connectivity index (χ4v) is 10.8. The first-order valence-corrected chi connectivity index (χ1v) is 27.1. The summed E-state index contributed by atoms with van der Waals surface area (Å²) in [6, 6.07) is 48.7. The van der Waals surface area contributed by atoms with Crippen LogP contribution < -0.4 is 5.19 Å². The van der Waals surface area contributed by atoms with Crippen LogP contribution in [0.1, 0.15) is 105 Å². The highest BCUT2D eigenvalue weighted by Gasteiger charge is 2.30. The van der Waals surface area contributed by atoms with Crippen LogP contribution in [0, 0.1) is 0 Å². The molecule has 4 nitrogen and oxygen atoms in total. The minimum atomic E-state index is -1.63. The molecule has 0 bridgehead atoms. The fraction of sp³-hybridized carbons (Fsp3) is 0.311. The minimum Gasteiger partial charge on any atom is -0.507 e. The van der Waals surface area contributed by atoms with Crippen LogP contribution in [0.25, 0.3) is 72.7 Å². The van der Waals surface area contributed by atoms with E-state index in [-0.39, 0.29) is 27.4 Å². The molecule has 0 saturated heterocycles. The molecule has 0 radical (unpaired) electrons. The lowest BCUT2D eigenvalue weighted by atomic mass is 9.79. The number of imidazole rings is 1. The standard InChI is InChI=1S/C61H69N3OSi/c1-58(2,3)43-28-29-52(48(36-43)39-22-17-16-18-23-39)64-53-26-21-25-47(55(53)63-57(64)49-37-45(60(7,8)9)38-50(56(49)65)61(10,11)12)41-32-42(34-44(33-41)59(4,5)6)51-35-40(30-31-62-51)46-24-19-20-27-54(46)66(13,14)15/h16-38,65H,1-15H3. The van der Waals surface area contributed by atoms with Crippen molar-refractivity contribution in [2.24, 2.45) is 0 Å². The number of rotatable bonds is 7. The summed E-state index contributed by atoms with van der Waals surface area (Å²) >= 11 is 0. The van der Waals surface area contributed by atoms with Gasteiger partial charge in [-0.1, -0.05) is 193 Å². The third-order valence-corrected chi connectivity index (χ3v) is 15.2. The van der Waals surface area contributed by atoms with Gasteiger partial charge in [0.25, 0.3) is 0 Å². The molecule has 5 heteroatoms. The average molecular weight is 888 g/mol. The topological polar surface area (TPSA) is 50.9 Å². The molecule has 0 amide bonds. The van der Waals surface area contributed by atoms with Crippen LogP contribution in [0.15, 0.2) is 140 Å². The zero-order chi connectivity index (χ0) is 47.7. The Bertz CT molecular complexity index is 3100. The van der Waals surface area contributed by atoms with E-state index in [0.717, 1.165) is 66.9 Å². The van der Waals surface area contributed by atoms with E-state index in [1.54, 1.807) is 0 Å². The number of fused-ring (bicyclic) bond motifs is 1. The maximum atomic E-state index is 12.6. The van der Waals surface area contributed by atoms with Gasteiger partial charge in [-0.05, 0) is 109 Å². The zero-order valence-corrected chi connectivity index (χ0v) is 43.1. The zero-order valence-electron chi connectivity index (χ0n) is 42.1. The normalized spacial score (nSPS) is 12.8. The predicted molar refractivity (Wildman–Crippen MR) is 285 cm³/mol. The molecular weight excluding hydrogens is 819 g/mol. The highest BCUT2D eigenvalue weighted by molar-refractivity contribution is 6.89. The molecule has 0 fully saturated rings. The van der Waals surface area contributed by atoms with Crippen molar-refractivity contribution in [3.63, 3.8) is 0 Å². The molecular formula is C61H69N3OSi. The summed E-state index contributed by atoms with van der Waals surface area (Å²) in [5, 5.41) is 14.0. The quantitative estimate of drug-likeness (QED) is 0.162. The Morgan fingerprint density at radius 3 is 1.73 bits per heavy atom. The van der Waals surface area contributed by atoms with Crippen LogP contribution in [0.3, 0.4) is 0 Å². The molecule has 0 saturated carbocycles. The smallest absolute Gasteiger partial charge is 0.149 e. The molecule has 1 N–H and O–H groups in total. The van der Waals surface area contributed by atoms with Crippen molar-refractivity contribution >= 4 is 24.3 Å². The third kappa shape index (κ3) is 9.07. The molecule has 6 aromatic carbocycles. The molecule has 0 unspecified atom stereocenters. The first-order chi connectivity index (χ1) is 30.8. The second kappa shape index (κ2) is 16.7. The van der Waals surface area contributed by atoms with E-state index in [1.807, 2.05) is 6.20 Å². The minimum absolute atomic E-state index is 0.0716. The van der Waals surface area contributed by atoms with E-state index in [4.69, 9.17) is 9.97 Å². The van der Waals surface area contributed by atoms with E-state index < -0.39 is 8.07 Å². The number of benzene rings is 6. The largest absolute Gasteiger partial charge is 0.507 e. The number of phenolic OH excluding ortho intramolecular Hbond substituents is 1. The van der Waals surface area contributed by atoms with E-state index >= 15 is 0 Å². The number of aromatic hydroxyl groups is 1. The number of phenols is 1. The lowest BCUT2D eigenvalue weighted by Gasteiger charge is -2.28. The van der Waals surface area contributed by atoms with Gasteiger partial charge in [-0.25, -0.2) is 4.98 Å². The molecule has 338 valence electrons. The SMILES string of the molecule is CC(C)(C)c1cc(-c2cc(-c3ccccc3[Si](C)(C)C)ccn2)cc(-c2cccc3c2nc(-c2cc(C(C)(C)C)cc(C(C)(C)C)c2O)n3-c2ccc(C(C)(C)C)cc2-c2ccccc2)c1. The fourth-order valence-electron chi connectivity index (χ4n) is 9.12. The summed E-state index contributed by atoms with van der Waals surface area (Å²) < 4.78 is 2.30. The van der Waals surface area contributed by atoms with Crippen LogP contribution in [0.2, 0.25) is 19.6 Å². The van der Waals surface area contributed by atoms with Gasteiger partial charge < -0.3 is 5.11 Å². The second-order valence-electron chi connectivity index (χ2n) is 23.5. The molecule has 0 atom stereocenters. The van der Waals surface area contributed by atoms with Crippen molar-refractivity contribution in [2.45, 2.75) is 124 Å². The molecule has 0 aliphatic heterocycles. The lowest BCUT2D eigenvalue weighted by molar-refractivity contribution is 0.446. The maximum absolute atomic E-state index is 12.6. The number of hydrogen-bond acceptors (Lipinski definition) is 3. The summed E-state index contributed by atoms with van der Waals surface area (Å²) in [4.78, 5) is 10.8. The van der Waals surface area contributed by atoms with E-state index in [1.165, 1.54) is 27.4 Å². The Kier molecular flexibility index (Phi) is 11.7. The summed E-state index contributed by atoms with van der Waals surface area (Å²) in [6.07, 6.45) is 1.96. The highest BCUT2D eigenvalue weighted by atomic mass is 28.3. The van der Waals surface area contributed by atoms with Crippen molar-refractivity contribution in [3.05, 3.63) is 162 Å². The average Bonchev–Trinajstić information content (AvgIpc) is 3.64. The van der Waals surface area contributed by atoms with E-state index in [2.05, 4.69) is 241 Å². The van der Waals surface area contributed by atoms with Gasteiger partial charge in [-0.15, -0.1) is 0 Å². The first kappa shape index (κ1) is 46.5.